The van der Waals surface area contributed by atoms with Gasteiger partial charge in [0.15, 0.2) is 5.96 Å². The van der Waals surface area contributed by atoms with Gasteiger partial charge in [-0.1, -0.05) is 6.07 Å². The second kappa shape index (κ2) is 6.42. The Hall–Kier alpha value is -1.33. The topological polar surface area (TPSA) is 36.4 Å². The van der Waals surface area contributed by atoms with E-state index in [9.17, 15) is 0 Å². The Morgan fingerprint density at radius 1 is 1.24 bits per heavy atom. The summed E-state index contributed by atoms with van der Waals surface area (Å²) < 4.78 is 0. The maximum Gasteiger partial charge on any atom is 0.191 e. The van der Waals surface area contributed by atoms with Crippen LogP contribution in [0, 0.1) is 0 Å². The number of nitrogens with zero attached hydrogens (tertiary/aromatic N) is 1. The normalized spacial score (nSPS) is 11.5. The average molecular weight is 265 g/mol. The molecule has 0 fully saturated rings. The first-order valence-electron chi connectivity index (χ1n) is 5.36. The predicted octanol–water partition coefficient (Wildman–Crippen LogP) is 2.67. The second-order valence-corrected chi connectivity index (χ2v) is 5.30. The van der Waals surface area contributed by atoms with Gasteiger partial charge in [-0.3, -0.25) is 4.99 Å². The Morgan fingerprint density at radius 3 is 2.76 bits per heavy atom. The predicted molar refractivity (Wildman–Crippen MR) is 75.7 cm³/mol. The molecule has 0 atom stereocenters. The minimum Gasteiger partial charge on any atom is -0.352 e. The zero-order valence-corrected chi connectivity index (χ0v) is 11.3. The van der Waals surface area contributed by atoms with Gasteiger partial charge in [0, 0.05) is 18.5 Å². The van der Waals surface area contributed by atoms with Gasteiger partial charge in [-0.2, -0.15) is 11.3 Å². The van der Waals surface area contributed by atoms with Crippen LogP contribution in [-0.4, -0.2) is 13.0 Å². The standard InChI is InChI=1S/C12H15N3S2/c1-13-12(14-7-10-4-6-16-9-10)15-8-11-3-2-5-17-11/h2-6,9H,7-8H2,1H3,(H2,13,14,15). The lowest BCUT2D eigenvalue weighted by Gasteiger charge is -2.10. The highest BCUT2D eigenvalue weighted by molar-refractivity contribution is 7.09. The molecule has 0 aliphatic heterocycles. The van der Waals surface area contributed by atoms with Gasteiger partial charge >= 0.3 is 0 Å². The maximum atomic E-state index is 4.19. The molecule has 0 aliphatic carbocycles. The smallest absolute Gasteiger partial charge is 0.191 e. The summed E-state index contributed by atoms with van der Waals surface area (Å²) in [5.41, 5.74) is 1.29. The monoisotopic (exact) mass is 265 g/mol. The minimum atomic E-state index is 0.813. The highest BCUT2D eigenvalue weighted by Gasteiger charge is 1.99. The average Bonchev–Trinajstić information content (AvgIpc) is 3.02. The van der Waals surface area contributed by atoms with Crippen molar-refractivity contribution < 1.29 is 0 Å². The van der Waals surface area contributed by atoms with Crippen molar-refractivity contribution in [1.82, 2.24) is 10.6 Å². The summed E-state index contributed by atoms with van der Waals surface area (Å²) in [6.07, 6.45) is 0. The van der Waals surface area contributed by atoms with Gasteiger partial charge in [0.2, 0.25) is 0 Å². The quantitative estimate of drug-likeness (QED) is 0.658. The van der Waals surface area contributed by atoms with E-state index in [1.165, 1.54) is 10.4 Å². The first kappa shape index (κ1) is 12.1. The third-order valence-corrected chi connectivity index (χ3v) is 3.88. The zero-order chi connectivity index (χ0) is 11.9. The van der Waals surface area contributed by atoms with Crippen LogP contribution in [0.1, 0.15) is 10.4 Å². The SMILES string of the molecule is CN=C(NCc1ccsc1)NCc1cccs1. The van der Waals surface area contributed by atoms with Gasteiger partial charge < -0.3 is 10.6 Å². The molecule has 90 valence electrons. The van der Waals surface area contributed by atoms with Gasteiger partial charge in [0.1, 0.15) is 0 Å². The molecule has 2 heterocycles. The number of guanidine groups is 1. The van der Waals surface area contributed by atoms with Crippen LogP contribution in [-0.2, 0) is 13.1 Å². The summed E-state index contributed by atoms with van der Waals surface area (Å²) in [7, 11) is 1.79. The molecule has 0 aliphatic rings. The third-order valence-electron chi connectivity index (χ3n) is 2.27. The number of hydrogen-bond donors (Lipinski definition) is 2. The number of thiophene rings is 2. The van der Waals surface area contributed by atoms with E-state index in [1.807, 2.05) is 0 Å². The third kappa shape index (κ3) is 3.87. The van der Waals surface area contributed by atoms with Crippen LogP contribution < -0.4 is 10.6 Å². The van der Waals surface area contributed by atoms with Crippen LogP contribution in [0.4, 0.5) is 0 Å². The molecular weight excluding hydrogens is 250 g/mol. The minimum absolute atomic E-state index is 0.813. The van der Waals surface area contributed by atoms with Gasteiger partial charge in [0.05, 0.1) is 6.54 Å². The molecule has 0 unspecified atom stereocenters. The van der Waals surface area contributed by atoms with Crippen molar-refractivity contribution in [3.8, 4) is 0 Å². The maximum absolute atomic E-state index is 4.19. The van der Waals surface area contributed by atoms with Crippen molar-refractivity contribution in [1.29, 1.82) is 0 Å². The molecule has 0 spiro atoms. The number of rotatable bonds is 4. The highest BCUT2D eigenvalue weighted by atomic mass is 32.1. The molecular formula is C12H15N3S2. The number of aliphatic imine (C=N–C) groups is 1. The summed E-state index contributed by atoms with van der Waals surface area (Å²) in [5, 5.41) is 12.9. The molecule has 17 heavy (non-hydrogen) atoms. The van der Waals surface area contributed by atoms with Crippen molar-refractivity contribution in [3.05, 3.63) is 44.8 Å². The van der Waals surface area contributed by atoms with E-state index in [0.717, 1.165) is 19.0 Å². The fraction of sp³-hybridized carbons (Fsp3) is 0.250. The molecule has 2 aromatic rings. The molecule has 0 aromatic carbocycles. The Labute approximate surface area is 109 Å². The van der Waals surface area contributed by atoms with E-state index in [-0.39, 0.29) is 0 Å². The lowest BCUT2D eigenvalue weighted by molar-refractivity contribution is 0.817. The van der Waals surface area contributed by atoms with E-state index in [0.29, 0.717) is 0 Å². The molecule has 0 saturated heterocycles. The van der Waals surface area contributed by atoms with Crippen LogP contribution in [0.2, 0.25) is 0 Å². The lowest BCUT2D eigenvalue weighted by Crippen LogP contribution is -2.36. The Morgan fingerprint density at radius 2 is 2.12 bits per heavy atom. The van der Waals surface area contributed by atoms with Crippen LogP contribution in [0.25, 0.3) is 0 Å². The molecule has 0 amide bonds. The molecule has 3 nitrogen and oxygen atoms in total. The fourth-order valence-corrected chi connectivity index (χ4v) is 2.70. The summed E-state index contributed by atoms with van der Waals surface area (Å²) in [4.78, 5) is 5.50. The van der Waals surface area contributed by atoms with Gasteiger partial charge in [-0.05, 0) is 33.8 Å². The van der Waals surface area contributed by atoms with Crippen LogP contribution in [0.3, 0.4) is 0 Å². The van der Waals surface area contributed by atoms with Crippen LogP contribution in [0.5, 0.6) is 0 Å². The van der Waals surface area contributed by atoms with E-state index >= 15 is 0 Å². The number of hydrogen-bond acceptors (Lipinski definition) is 3. The first-order valence-corrected chi connectivity index (χ1v) is 7.18. The Kier molecular flexibility index (Phi) is 4.58. The van der Waals surface area contributed by atoms with E-state index in [4.69, 9.17) is 0 Å². The number of nitrogens with one attached hydrogen (secondary N) is 2. The molecule has 5 heteroatoms. The second-order valence-electron chi connectivity index (χ2n) is 3.49. The van der Waals surface area contributed by atoms with Gasteiger partial charge in [-0.15, -0.1) is 11.3 Å². The largest absolute Gasteiger partial charge is 0.352 e. The molecule has 0 radical (unpaired) electrons. The molecule has 2 rings (SSSR count). The van der Waals surface area contributed by atoms with Crippen molar-refractivity contribution in [2.75, 3.05) is 7.05 Å². The fourth-order valence-electron chi connectivity index (χ4n) is 1.38. The van der Waals surface area contributed by atoms with Crippen LogP contribution >= 0.6 is 22.7 Å². The van der Waals surface area contributed by atoms with E-state index < -0.39 is 0 Å². The first-order chi connectivity index (χ1) is 8.38. The Bertz CT molecular complexity index is 406. The summed E-state index contributed by atoms with van der Waals surface area (Å²) in [6, 6.07) is 6.29. The summed E-state index contributed by atoms with van der Waals surface area (Å²) >= 11 is 3.46. The summed E-state index contributed by atoms with van der Waals surface area (Å²) in [5.74, 6) is 0.838. The van der Waals surface area contributed by atoms with Gasteiger partial charge in [-0.25, -0.2) is 0 Å². The Balaban J connectivity index is 1.77. The van der Waals surface area contributed by atoms with Crippen molar-refractivity contribution >= 4 is 28.6 Å². The van der Waals surface area contributed by atoms with Crippen molar-refractivity contribution in [3.63, 3.8) is 0 Å². The highest BCUT2D eigenvalue weighted by Crippen LogP contribution is 2.07. The molecule has 0 bridgehead atoms. The van der Waals surface area contributed by atoms with E-state index in [2.05, 4.69) is 50.0 Å². The van der Waals surface area contributed by atoms with Crippen molar-refractivity contribution in [2.24, 2.45) is 4.99 Å². The molecule has 2 aromatic heterocycles. The van der Waals surface area contributed by atoms with Crippen molar-refractivity contribution in [2.45, 2.75) is 13.1 Å². The van der Waals surface area contributed by atoms with Gasteiger partial charge in [0.25, 0.3) is 0 Å². The molecule has 2 N–H and O–H groups in total. The zero-order valence-electron chi connectivity index (χ0n) is 9.64. The summed E-state index contributed by atoms with van der Waals surface area (Å²) in [6.45, 7) is 1.63. The van der Waals surface area contributed by atoms with E-state index in [1.54, 1.807) is 29.7 Å². The van der Waals surface area contributed by atoms with Crippen LogP contribution in [0.15, 0.2) is 39.3 Å². The molecule has 0 saturated carbocycles. The lowest BCUT2D eigenvalue weighted by atomic mass is 10.3.